The van der Waals surface area contributed by atoms with Crippen molar-refractivity contribution in [3.63, 3.8) is 0 Å². The van der Waals surface area contributed by atoms with Crippen molar-refractivity contribution in [2.24, 2.45) is 5.92 Å². The zero-order valence-electron chi connectivity index (χ0n) is 14.6. The zero-order valence-corrected chi connectivity index (χ0v) is 16.6. The van der Waals surface area contributed by atoms with Crippen LogP contribution >= 0.6 is 0 Å². The molecule has 9 heteroatoms. The summed E-state index contributed by atoms with van der Waals surface area (Å²) in [6.07, 6.45) is -0.363. The fourth-order valence-electron chi connectivity index (χ4n) is 1.57. The minimum absolute atomic E-state index is 0. The SMILES string of the molecule is CC[C@H](C)[C@H](NC(=O)[C@H](CO)NC(=O)OC(C)(C)C)C(=O)[O-].[Na+]. The molecular weight excluding hydrogens is 315 g/mol. The van der Waals surface area contributed by atoms with E-state index in [1.807, 2.05) is 0 Å². The molecule has 3 atom stereocenters. The Kier molecular flexibility index (Phi) is 11.5. The van der Waals surface area contributed by atoms with Crippen LogP contribution in [0.1, 0.15) is 41.0 Å². The minimum Gasteiger partial charge on any atom is -0.548 e. The first-order valence-corrected chi connectivity index (χ1v) is 7.13. The Labute approximate surface area is 158 Å². The van der Waals surface area contributed by atoms with Gasteiger partial charge in [0, 0.05) is 0 Å². The minimum atomic E-state index is -1.42. The molecule has 0 aliphatic heterocycles. The number of hydrogen-bond donors (Lipinski definition) is 3. The number of carbonyl (C=O) groups is 3. The molecule has 0 spiro atoms. The molecule has 0 bridgehead atoms. The van der Waals surface area contributed by atoms with E-state index in [2.05, 4.69) is 10.6 Å². The maximum absolute atomic E-state index is 12.0. The molecule has 0 aliphatic carbocycles. The number of aliphatic carboxylic acids is 1. The van der Waals surface area contributed by atoms with E-state index < -0.39 is 42.3 Å². The summed E-state index contributed by atoms with van der Waals surface area (Å²) in [6, 6.07) is -2.51. The van der Waals surface area contributed by atoms with E-state index in [1.54, 1.807) is 34.6 Å². The zero-order chi connectivity index (χ0) is 17.5. The number of carboxylic acids is 1. The molecule has 0 heterocycles. The van der Waals surface area contributed by atoms with E-state index in [0.717, 1.165) is 0 Å². The number of ether oxygens (including phenoxy) is 1. The van der Waals surface area contributed by atoms with Gasteiger partial charge in [0.2, 0.25) is 5.91 Å². The molecule has 3 N–H and O–H groups in total. The molecule has 0 aromatic heterocycles. The van der Waals surface area contributed by atoms with Gasteiger partial charge in [0.1, 0.15) is 11.6 Å². The van der Waals surface area contributed by atoms with Gasteiger partial charge in [-0.2, -0.15) is 0 Å². The second-order valence-electron chi connectivity index (χ2n) is 6.07. The van der Waals surface area contributed by atoms with Crippen LogP contribution in [0.5, 0.6) is 0 Å². The monoisotopic (exact) mass is 340 g/mol. The van der Waals surface area contributed by atoms with Crippen LogP contribution in [-0.2, 0) is 14.3 Å². The molecule has 23 heavy (non-hydrogen) atoms. The third-order valence-corrected chi connectivity index (χ3v) is 2.95. The number of hydrogen-bond acceptors (Lipinski definition) is 6. The molecule has 8 nitrogen and oxygen atoms in total. The van der Waals surface area contributed by atoms with Gasteiger partial charge in [-0.15, -0.1) is 0 Å². The Hall–Kier alpha value is -0.830. The average molecular weight is 340 g/mol. The predicted molar refractivity (Wildman–Crippen MR) is 76.6 cm³/mol. The van der Waals surface area contributed by atoms with Gasteiger partial charge in [-0.3, -0.25) is 4.79 Å². The fourth-order valence-corrected chi connectivity index (χ4v) is 1.57. The first-order valence-electron chi connectivity index (χ1n) is 7.13. The molecule has 0 aliphatic rings. The molecule has 0 fully saturated rings. The van der Waals surface area contributed by atoms with Crippen LogP contribution in [0.4, 0.5) is 4.79 Å². The number of alkyl carbamates (subject to hydrolysis) is 1. The maximum atomic E-state index is 12.0. The van der Waals surface area contributed by atoms with Crippen molar-refractivity contribution < 1.29 is 58.9 Å². The summed E-state index contributed by atoms with van der Waals surface area (Å²) in [5.74, 6) is -2.59. The van der Waals surface area contributed by atoms with E-state index in [0.29, 0.717) is 6.42 Å². The molecule has 128 valence electrons. The Morgan fingerprint density at radius 3 is 2.09 bits per heavy atom. The van der Waals surface area contributed by atoms with Crippen molar-refractivity contribution >= 4 is 18.0 Å². The van der Waals surface area contributed by atoms with E-state index in [-0.39, 0.29) is 35.5 Å². The molecule has 0 unspecified atom stereocenters. The largest absolute Gasteiger partial charge is 1.00 e. The first-order chi connectivity index (χ1) is 10.0. The van der Waals surface area contributed by atoms with Gasteiger partial charge in [0.15, 0.2) is 0 Å². The Bertz CT molecular complexity index is 411. The molecule has 0 aromatic rings. The smallest absolute Gasteiger partial charge is 0.548 e. The Morgan fingerprint density at radius 1 is 1.22 bits per heavy atom. The molecular formula is C14H25N2NaO6. The average Bonchev–Trinajstić information content (AvgIpc) is 2.38. The number of amides is 2. The van der Waals surface area contributed by atoms with Gasteiger partial charge in [0.05, 0.1) is 18.6 Å². The normalized spacial score (nSPS) is 14.7. The van der Waals surface area contributed by atoms with Crippen LogP contribution in [0.15, 0.2) is 0 Å². The second-order valence-corrected chi connectivity index (χ2v) is 6.07. The van der Waals surface area contributed by atoms with Gasteiger partial charge in [-0.1, -0.05) is 20.3 Å². The molecule has 0 saturated heterocycles. The van der Waals surface area contributed by atoms with Gasteiger partial charge in [-0.05, 0) is 26.7 Å². The Balaban J connectivity index is 0. The fraction of sp³-hybridized carbons (Fsp3) is 0.786. The summed E-state index contributed by atoms with van der Waals surface area (Å²) >= 11 is 0. The predicted octanol–water partition coefficient (Wildman–Crippen LogP) is -3.84. The molecule has 0 rings (SSSR count). The standard InChI is InChI=1S/C14H26N2O6.Na/c1-6-8(2)10(12(19)20)16-11(18)9(7-17)15-13(21)22-14(3,4)5;/h8-10,17H,6-7H2,1-5H3,(H,15,21)(H,16,18)(H,19,20);/q;+1/p-1/t8-,9-,10-;/m0./s1. The van der Waals surface area contributed by atoms with Crippen molar-refractivity contribution in [1.82, 2.24) is 10.6 Å². The summed E-state index contributed by atoms with van der Waals surface area (Å²) in [4.78, 5) is 34.6. The summed E-state index contributed by atoms with van der Waals surface area (Å²) in [6.45, 7) is 7.68. The van der Waals surface area contributed by atoms with Crippen LogP contribution in [0.3, 0.4) is 0 Å². The third-order valence-electron chi connectivity index (χ3n) is 2.95. The molecule has 0 saturated carbocycles. The van der Waals surface area contributed by atoms with Crippen molar-refractivity contribution in [2.75, 3.05) is 6.61 Å². The first kappa shape index (κ1) is 24.4. The molecule has 0 aromatic carbocycles. The van der Waals surface area contributed by atoms with E-state index in [4.69, 9.17) is 4.74 Å². The third kappa shape index (κ3) is 9.80. The van der Waals surface area contributed by atoms with Crippen molar-refractivity contribution in [3.05, 3.63) is 0 Å². The summed E-state index contributed by atoms with van der Waals surface area (Å²) in [7, 11) is 0. The number of carboxylic acid groups (broad SMARTS) is 1. The quantitative estimate of drug-likeness (QED) is 0.407. The number of aliphatic hydroxyl groups is 1. The topological polar surface area (TPSA) is 128 Å². The van der Waals surface area contributed by atoms with Crippen LogP contribution in [-0.4, -0.2) is 47.4 Å². The van der Waals surface area contributed by atoms with Crippen LogP contribution in [0, 0.1) is 5.92 Å². The van der Waals surface area contributed by atoms with E-state index >= 15 is 0 Å². The van der Waals surface area contributed by atoms with Crippen LogP contribution in [0.25, 0.3) is 0 Å². The molecule has 0 radical (unpaired) electrons. The van der Waals surface area contributed by atoms with Gasteiger partial charge >= 0.3 is 35.7 Å². The second kappa shape index (κ2) is 10.9. The summed E-state index contributed by atoms with van der Waals surface area (Å²) < 4.78 is 4.97. The summed E-state index contributed by atoms with van der Waals surface area (Å²) in [5.41, 5.74) is -0.759. The molecule has 2 amide bonds. The number of rotatable bonds is 7. The van der Waals surface area contributed by atoms with Crippen LogP contribution in [0.2, 0.25) is 0 Å². The van der Waals surface area contributed by atoms with Gasteiger partial charge in [0.25, 0.3) is 0 Å². The number of carbonyl (C=O) groups excluding carboxylic acids is 3. The van der Waals surface area contributed by atoms with Gasteiger partial charge in [-0.25, -0.2) is 4.79 Å². The van der Waals surface area contributed by atoms with Gasteiger partial charge < -0.3 is 30.4 Å². The van der Waals surface area contributed by atoms with Crippen LogP contribution < -0.4 is 45.3 Å². The summed E-state index contributed by atoms with van der Waals surface area (Å²) in [5, 5.41) is 24.7. The van der Waals surface area contributed by atoms with Crippen molar-refractivity contribution in [3.8, 4) is 0 Å². The Morgan fingerprint density at radius 2 is 1.74 bits per heavy atom. The van der Waals surface area contributed by atoms with E-state index in [1.165, 1.54) is 0 Å². The van der Waals surface area contributed by atoms with Crippen molar-refractivity contribution in [1.29, 1.82) is 0 Å². The number of nitrogens with one attached hydrogen (secondary N) is 2. The van der Waals surface area contributed by atoms with Crippen molar-refractivity contribution in [2.45, 2.75) is 58.7 Å². The maximum Gasteiger partial charge on any atom is 1.00 e. The number of aliphatic hydroxyl groups excluding tert-OH is 1. The van der Waals surface area contributed by atoms with E-state index in [9.17, 15) is 24.6 Å².